The third kappa shape index (κ3) is 3.72. The molecule has 1 aromatic rings. The molecule has 1 atom stereocenters. The highest BCUT2D eigenvalue weighted by Gasteiger charge is 2.35. The van der Waals surface area contributed by atoms with E-state index >= 15 is 0 Å². The number of benzene rings is 1. The molecule has 2 rings (SSSR count). The fourth-order valence-corrected chi connectivity index (χ4v) is 2.32. The molecule has 0 radical (unpaired) electrons. The van der Waals surface area contributed by atoms with Crippen molar-refractivity contribution in [2.24, 2.45) is 0 Å². The highest BCUT2D eigenvalue weighted by Crippen LogP contribution is 2.24. The van der Waals surface area contributed by atoms with Crippen LogP contribution in [0.1, 0.15) is 25.3 Å². The molecular weight excluding hydrogens is 271 g/mol. The molecule has 3 nitrogen and oxygen atoms in total. The number of carbonyl (C=O) groups excluding carboxylic acids is 1. The van der Waals surface area contributed by atoms with Crippen LogP contribution >= 0.6 is 0 Å². The van der Waals surface area contributed by atoms with Crippen molar-refractivity contribution in [1.29, 1.82) is 0 Å². The second-order valence-electron chi connectivity index (χ2n) is 5.15. The van der Waals surface area contributed by atoms with Crippen LogP contribution in [0, 0.1) is 0 Å². The molecule has 1 aliphatic rings. The zero-order valence-corrected chi connectivity index (χ0v) is 11.1. The average Bonchev–Trinajstić information content (AvgIpc) is 2.78. The monoisotopic (exact) mass is 287 g/mol. The zero-order chi connectivity index (χ0) is 14.8. The number of hydrogen-bond acceptors (Lipinski definition) is 3. The quantitative estimate of drug-likeness (QED) is 0.925. The van der Waals surface area contributed by atoms with Gasteiger partial charge in [-0.25, -0.2) is 0 Å². The SMILES string of the molecule is CC1(C(=O)Cc2ccc(OC(F)(F)F)cc2)CCCN1. The van der Waals surface area contributed by atoms with Crippen molar-refractivity contribution >= 4 is 5.78 Å². The third-order valence-electron chi connectivity index (χ3n) is 3.51. The summed E-state index contributed by atoms with van der Waals surface area (Å²) in [5.41, 5.74) is 0.167. The molecule has 1 unspecified atom stereocenters. The minimum atomic E-state index is -4.70. The number of ether oxygens (including phenoxy) is 1. The molecule has 0 aromatic heterocycles. The molecule has 0 saturated carbocycles. The summed E-state index contributed by atoms with van der Waals surface area (Å²) in [6.45, 7) is 2.68. The van der Waals surface area contributed by atoms with E-state index in [1.165, 1.54) is 24.3 Å². The molecule has 0 amide bonds. The van der Waals surface area contributed by atoms with Crippen molar-refractivity contribution in [2.45, 2.75) is 38.1 Å². The number of halogens is 3. The molecule has 20 heavy (non-hydrogen) atoms. The number of rotatable bonds is 4. The van der Waals surface area contributed by atoms with E-state index in [-0.39, 0.29) is 18.0 Å². The standard InChI is InChI=1S/C14H16F3NO2/c1-13(7-2-8-18-13)12(19)9-10-3-5-11(6-4-10)20-14(15,16)17/h3-6,18H,2,7-9H2,1H3. The minimum absolute atomic E-state index is 0.0551. The first-order valence-corrected chi connectivity index (χ1v) is 6.41. The van der Waals surface area contributed by atoms with Gasteiger partial charge >= 0.3 is 6.36 Å². The van der Waals surface area contributed by atoms with Gasteiger partial charge in [0.05, 0.1) is 5.54 Å². The lowest BCUT2D eigenvalue weighted by molar-refractivity contribution is -0.274. The van der Waals surface area contributed by atoms with Gasteiger partial charge in [0, 0.05) is 6.42 Å². The molecule has 1 fully saturated rings. The van der Waals surface area contributed by atoms with Crippen LogP contribution in [0.3, 0.4) is 0 Å². The molecule has 6 heteroatoms. The van der Waals surface area contributed by atoms with Gasteiger partial charge in [-0.2, -0.15) is 0 Å². The van der Waals surface area contributed by atoms with Crippen molar-refractivity contribution in [2.75, 3.05) is 6.54 Å². The van der Waals surface area contributed by atoms with Crippen LogP contribution in [0.25, 0.3) is 0 Å². The Morgan fingerprint density at radius 1 is 1.35 bits per heavy atom. The van der Waals surface area contributed by atoms with Crippen LogP contribution in [0.2, 0.25) is 0 Å². The summed E-state index contributed by atoms with van der Waals surface area (Å²) < 4.78 is 39.9. The van der Waals surface area contributed by atoms with Crippen LogP contribution in [0.4, 0.5) is 13.2 Å². The van der Waals surface area contributed by atoms with Crippen LogP contribution in [0.5, 0.6) is 5.75 Å². The van der Waals surface area contributed by atoms with Crippen LogP contribution in [-0.2, 0) is 11.2 Å². The van der Waals surface area contributed by atoms with E-state index < -0.39 is 11.9 Å². The Bertz CT molecular complexity index is 476. The van der Waals surface area contributed by atoms with Crippen LogP contribution in [0.15, 0.2) is 24.3 Å². The fourth-order valence-electron chi connectivity index (χ4n) is 2.32. The molecular formula is C14H16F3NO2. The van der Waals surface area contributed by atoms with Crippen molar-refractivity contribution < 1.29 is 22.7 Å². The molecule has 1 N–H and O–H groups in total. The Labute approximate surface area is 115 Å². The number of ketones is 1. The van der Waals surface area contributed by atoms with E-state index in [1.54, 1.807) is 0 Å². The van der Waals surface area contributed by atoms with Crippen molar-refractivity contribution in [1.82, 2.24) is 5.32 Å². The van der Waals surface area contributed by atoms with Gasteiger partial charge in [-0.15, -0.1) is 13.2 Å². The van der Waals surface area contributed by atoms with E-state index in [1.807, 2.05) is 6.92 Å². The topological polar surface area (TPSA) is 38.3 Å². The second kappa shape index (κ2) is 5.44. The normalized spacial score (nSPS) is 22.8. The minimum Gasteiger partial charge on any atom is -0.406 e. The first-order chi connectivity index (χ1) is 9.28. The molecule has 110 valence electrons. The lowest BCUT2D eigenvalue weighted by Gasteiger charge is -2.22. The molecule has 1 heterocycles. The predicted octanol–water partition coefficient (Wildman–Crippen LogP) is 2.84. The molecule has 1 saturated heterocycles. The Kier molecular flexibility index (Phi) is 4.04. The second-order valence-corrected chi connectivity index (χ2v) is 5.15. The van der Waals surface area contributed by atoms with Gasteiger partial charge in [0.2, 0.25) is 0 Å². The van der Waals surface area contributed by atoms with Crippen molar-refractivity contribution in [3.63, 3.8) is 0 Å². The fraction of sp³-hybridized carbons (Fsp3) is 0.500. The summed E-state index contributed by atoms with van der Waals surface area (Å²) >= 11 is 0. The Hall–Kier alpha value is -1.56. The van der Waals surface area contributed by atoms with Gasteiger partial charge in [0.15, 0.2) is 5.78 Å². The van der Waals surface area contributed by atoms with E-state index in [2.05, 4.69) is 10.1 Å². The van der Waals surface area contributed by atoms with Crippen LogP contribution in [-0.4, -0.2) is 24.2 Å². The number of Topliss-reactive ketones (excluding diaryl/α,β-unsaturated/α-hetero) is 1. The summed E-state index contributed by atoms with van der Waals surface area (Å²) in [7, 11) is 0. The van der Waals surface area contributed by atoms with Gasteiger partial charge in [-0.3, -0.25) is 4.79 Å². The highest BCUT2D eigenvalue weighted by molar-refractivity contribution is 5.90. The molecule has 0 aliphatic carbocycles. The average molecular weight is 287 g/mol. The van der Waals surface area contributed by atoms with Crippen molar-refractivity contribution in [3.05, 3.63) is 29.8 Å². The van der Waals surface area contributed by atoms with Crippen molar-refractivity contribution in [3.8, 4) is 5.75 Å². The van der Waals surface area contributed by atoms with Gasteiger partial charge in [-0.05, 0) is 44.0 Å². The summed E-state index contributed by atoms with van der Waals surface area (Å²) in [6, 6.07) is 5.41. The largest absolute Gasteiger partial charge is 0.573 e. The molecule has 0 bridgehead atoms. The lowest BCUT2D eigenvalue weighted by Crippen LogP contribution is -2.45. The zero-order valence-electron chi connectivity index (χ0n) is 11.1. The van der Waals surface area contributed by atoms with Gasteiger partial charge in [-0.1, -0.05) is 12.1 Å². The summed E-state index contributed by atoms with van der Waals surface area (Å²) in [6.07, 6.45) is -2.74. The number of hydrogen-bond donors (Lipinski definition) is 1. The van der Waals surface area contributed by atoms with E-state index in [9.17, 15) is 18.0 Å². The Balaban J connectivity index is 1.98. The maximum atomic E-state index is 12.2. The highest BCUT2D eigenvalue weighted by atomic mass is 19.4. The summed E-state index contributed by atoms with van der Waals surface area (Å²) in [5.74, 6) is -0.224. The molecule has 0 spiro atoms. The first kappa shape index (κ1) is 14.8. The molecule has 1 aliphatic heterocycles. The lowest BCUT2D eigenvalue weighted by atomic mass is 9.90. The number of nitrogens with one attached hydrogen (secondary N) is 1. The van der Waals surface area contributed by atoms with Gasteiger partial charge < -0.3 is 10.1 Å². The van der Waals surface area contributed by atoms with E-state index in [4.69, 9.17) is 0 Å². The van der Waals surface area contributed by atoms with Gasteiger partial charge in [0.25, 0.3) is 0 Å². The van der Waals surface area contributed by atoms with Crippen LogP contribution < -0.4 is 10.1 Å². The predicted molar refractivity (Wildman–Crippen MR) is 67.5 cm³/mol. The van der Waals surface area contributed by atoms with E-state index in [0.29, 0.717) is 5.56 Å². The number of carbonyl (C=O) groups is 1. The van der Waals surface area contributed by atoms with E-state index in [0.717, 1.165) is 19.4 Å². The summed E-state index contributed by atoms with van der Waals surface area (Å²) in [5, 5.41) is 3.17. The smallest absolute Gasteiger partial charge is 0.406 e. The Morgan fingerprint density at radius 2 is 2.00 bits per heavy atom. The maximum Gasteiger partial charge on any atom is 0.573 e. The number of alkyl halides is 3. The van der Waals surface area contributed by atoms with Gasteiger partial charge in [0.1, 0.15) is 5.75 Å². The Morgan fingerprint density at radius 3 is 2.50 bits per heavy atom. The molecule has 1 aromatic carbocycles. The third-order valence-corrected chi connectivity index (χ3v) is 3.51. The summed E-state index contributed by atoms with van der Waals surface area (Å²) in [4.78, 5) is 12.2. The first-order valence-electron chi connectivity index (χ1n) is 6.41. The maximum absolute atomic E-state index is 12.2.